The maximum Gasteiger partial charge on any atom is 0.490 e. The number of aliphatic carboxylic acids is 1. The van der Waals surface area contributed by atoms with Gasteiger partial charge in [0, 0.05) is 23.5 Å². The lowest BCUT2D eigenvalue weighted by Gasteiger charge is -2.08. The molecule has 244 valence electrons. The second-order valence-electron chi connectivity index (χ2n) is 8.93. The lowest BCUT2D eigenvalue weighted by Crippen LogP contribution is -2.22. The highest BCUT2D eigenvalue weighted by atomic mass is 35.5. The summed E-state index contributed by atoms with van der Waals surface area (Å²) in [6, 6.07) is 12.7. The fourth-order valence-electron chi connectivity index (χ4n) is 3.40. The first-order valence-corrected chi connectivity index (χ1v) is 13.9. The Bertz CT molecular complexity index is 1710. The highest BCUT2D eigenvalue weighted by Crippen LogP contribution is 2.28. The summed E-state index contributed by atoms with van der Waals surface area (Å²) >= 11 is 11.9. The number of carbonyl (C=O) groups is 2. The van der Waals surface area contributed by atoms with Crippen LogP contribution in [0.3, 0.4) is 0 Å². The summed E-state index contributed by atoms with van der Waals surface area (Å²) in [5.74, 6) is -1.89. The van der Waals surface area contributed by atoms with Crippen LogP contribution in [0.1, 0.15) is 19.8 Å². The average Bonchev–Trinajstić information content (AvgIpc) is 2.95. The number of nitrogens with one attached hydrogen (secondary N) is 2. The van der Waals surface area contributed by atoms with Crippen LogP contribution in [0, 0.1) is 0 Å². The zero-order valence-corrected chi connectivity index (χ0v) is 25.5. The van der Waals surface area contributed by atoms with Crippen LogP contribution in [-0.4, -0.2) is 56.5 Å². The van der Waals surface area contributed by atoms with Gasteiger partial charge in [0.25, 0.3) is 0 Å². The fraction of sp³-hybridized carbons (Fsp3) is 0.310. The van der Waals surface area contributed by atoms with Crippen LogP contribution in [0.25, 0.3) is 21.9 Å². The van der Waals surface area contributed by atoms with Gasteiger partial charge in [-0.1, -0.05) is 23.2 Å². The van der Waals surface area contributed by atoms with Gasteiger partial charge in [-0.3, -0.25) is 4.79 Å². The molecule has 0 radical (unpaired) electrons. The Balaban J connectivity index is 0.000000261. The largest absolute Gasteiger partial charge is 0.492 e. The van der Waals surface area contributed by atoms with Gasteiger partial charge in [-0.05, 0) is 62.8 Å². The summed E-state index contributed by atoms with van der Waals surface area (Å²) in [6.07, 6.45) is -3.58. The average molecular weight is 677 g/mol. The molecular weight excluding hydrogens is 648 g/mol. The van der Waals surface area contributed by atoms with E-state index in [0.717, 1.165) is 13.0 Å². The minimum Gasteiger partial charge on any atom is -0.492 e. The molecule has 0 atom stereocenters. The van der Waals surface area contributed by atoms with Crippen molar-refractivity contribution in [2.24, 2.45) is 0 Å². The summed E-state index contributed by atoms with van der Waals surface area (Å²) < 4.78 is 53.0. The van der Waals surface area contributed by atoms with Crippen molar-refractivity contribution in [3.63, 3.8) is 0 Å². The molecular formula is C29H29Cl2F3N2O9. The predicted octanol–water partition coefficient (Wildman–Crippen LogP) is 5.42. The first-order chi connectivity index (χ1) is 21.2. The predicted molar refractivity (Wildman–Crippen MR) is 162 cm³/mol. The highest BCUT2D eigenvalue weighted by molar-refractivity contribution is 6.31. The van der Waals surface area contributed by atoms with E-state index in [-0.39, 0.29) is 5.91 Å². The lowest BCUT2D eigenvalue weighted by molar-refractivity contribution is -0.192. The normalized spacial score (nSPS) is 10.7. The summed E-state index contributed by atoms with van der Waals surface area (Å²) in [5, 5.41) is 15.3. The van der Waals surface area contributed by atoms with Crippen LogP contribution in [-0.2, 0) is 9.59 Å². The molecule has 2 aromatic heterocycles. The van der Waals surface area contributed by atoms with Gasteiger partial charge in [-0.15, -0.1) is 0 Å². The van der Waals surface area contributed by atoms with E-state index >= 15 is 0 Å². The van der Waals surface area contributed by atoms with Gasteiger partial charge < -0.3 is 34.0 Å². The maximum atomic E-state index is 11.4. The van der Waals surface area contributed by atoms with Crippen LogP contribution in [0.15, 0.2) is 67.0 Å². The van der Waals surface area contributed by atoms with Gasteiger partial charge in [-0.25, -0.2) is 14.4 Å². The number of alkyl halides is 3. The second-order valence-corrected chi connectivity index (χ2v) is 9.81. The molecule has 4 aromatic rings. The number of halogens is 5. The van der Waals surface area contributed by atoms with Crippen LogP contribution in [0.2, 0.25) is 10.0 Å². The maximum absolute atomic E-state index is 11.4. The standard InChI is InChI=1S/C14H14ClNO4.C13H14ClNO3.C2HF3O2/c1-9(17)16-5-2-6-19-13-8-14(18)20-12-4-3-10(15)7-11(12)13;1-15-5-2-6-17-12-8-13(16)18-11-4-3-9(14)7-10(11)12;3-2(4,5)1(6)7/h3-4,7-8H,2,5-6H2,1H3,(H,16,17);3-4,7-8,15H,2,5-6H2,1H3;(H,6,7). The molecule has 1 amide bonds. The molecule has 3 N–H and O–H groups in total. The molecule has 0 spiro atoms. The highest BCUT2D eigenvalue weighted by Gasteiger charge is 2.38. The molecule has 4 rings (SSSR count). The molecule has 0 aliphatic carbocycles. The SMILES string of the molecule is CC(=O)NCCCOc1cc(=O)oc2ccc(Cl)cc12.CNCCCOc1cc(=O)oc2ccc(Cl)cc12.O=C(O)C(F)(F)F. The zero-order chi connectivity index (χ0) is 33.6. The molecule has 2 heterocycles. The first kappa shape index (κ1) is 36.9. The summed E-state index contributed by atoms with van der Waals surface area (Å²) in [6.45, 7) is 3.76. The summed E-state index contributed by atoms with van der Waals surface area (Å²) in [4.78, 5) is 42.4. The van der Waals surface area contributed by atoms with Crippen LogP contribution in [0.5, 0.6) is 11.5 Å². The van der Waals surface area contributed by atoms with E-state index < -0.39 is 23.4 Å². The second kappa shape index (κ2) is 17.9. The quantitative estimate of drug-likeness (QED) is 0.146. The third kappa shape index (κ3) is 13.1. The molecule has 0 saturated carbocycles. The summed E-state index contributed by atoms with van der Waals surface area (Å²) in [7, 11) is 1.88. The number of hydrogen-bond donors (Lipinski definition) is 3. The topological polar surface area (TPSA) is 157 Å². The van der Waals surface area contributed by atoms with Crippen molar-refractivity contribution in [3.05, 3.63) is 79.4 Å². The van der Waals surface area contributed by atoms with Crippen molar-refractivity contribution < 1.29 is 46.2 Å². The molecule has 11 nitrogen and oxygen atoms in total. The molecule has 0 saturated heterocycles. The van der Waals surface area contributed by atoms with Crippen molar-refractivity contribution in [1.29, 1.82) is 0 Å². The third-order valence-electron chi connectivity index (χ3n) is 5.36. The number of fused-ring (bicyclic) bond motifs is 2. The van der Waals surface area contributed by atoms with E-state index in [1.165, 1.54) is 19.1 Å². The number of carboxylic acids is 1. The van der Waals surface area contributed by atoms with Gasteiger partial charge in [0.05, 0.1) is 36.1 Å². The number of carbonyl (C=O) groups excluding carboxylic acids is 1. The Morgan fingerprint density at radius 1 is 0.822 bits per heavy atom. The Kier molecular flexibility index (Phi) is 14.7. The minimum absolute atomic E-state index is 0.0809. The number of hydrogen-bond acceptors (Lipinski definition) is 9. The third-order valence-corrected chi connectivity index (χ3v) is 5.83. The number of carboxylic acid groups (broad SMARTS) is 1. The van der Waals surface area contributed by atoms with Gasteiger partial charge in [0.2, 0.25) is 5.91 Å². The Labute approximate surface area is 263 Å². The molecule has 0 fully saturated rings. The fourth-order valence-corrected chi connectivity index (χ4v) is 3.75. The van der Waals surface area contributed by atoms with Gasteiger partial charge in [-0.2, -0.15) is 13.2 Å². The first-order valence-electron chi connectivity index (χ1n) is 13.1. The van der Waals surface area contributed by atoms with Gasteiger partial charge in [0.15, 0.2) is 0 Å². The monoisotopic (exact) mass is 676 g/mol. The van der Waals surface area contributed by atoms with Crippen molar-refractivity contribution in [1.82, 2.24) is 10.6 Å². The smallest absolute Gasteiger partial charge is 0.490 e. The molecule has 45 heavy (non-hydrogen) atoms. The number of benzene rings is 2. The van der Waals surface area contributed by atoms with E-state index in [1.807, 2.05) is 7.05 Å². The molecule has 16 heteroatoms. The van der Waals surface area contributed by atoms with Gasteiger partial charge in [0.1, 0.15) is 22.7 Å². The van der Waals surface area contributed by atoms with E-state index in [0.29, 0.717) is 69.7 Å². The lowest BCUT2D eigenvalue weighted by atomic mass is 10.2. The van der Waals surface area contributed by atoms with Gasteiger partial charge >= 0.3 is 23.4 Å². The van der Waals surface area contributed by atoms with E-state index in [4.69, 9.17) is 51.4 Å². The summed E-state index contributed by atoms with van der Waals surface area (Å²) in [5.41, 5.74) is 0.0133. The Morgan fingerprint density at radius 3 is 1.62 bits per heavy atom. The van der Waals surface area contributed by atoms with Crippen LogP contribution >= 0.6 is 23.2 Å². The van der Waals surface area contributed by atoms with E-state index in [2.05, 4.69) is 10.6 Å². The van der Waals surface area contributed by atoms with E-state index in [9.17, 15) is 27.6 Å². The van der Waals surface area contributed by atoms with E-state index in [1.54, 1.807) is 36.4 Å². The molecule has 0 aliphatic heterocycles. The molecule has 2 aromatic carbocycles. The Morgan fingerprint density at radius 2 is 1.24 bits per heavy atom. The van der Waals surface area contributed by atoms with Crippen molar-refractivity contribution in [2.45, 2.75) is 25.9 Å². The zero-order valence-electron chi connectivity index (χ0n) is 24.0. The molecule has 0 unspecified atom stereocenters. The number of amides is 1. The Hall–Kier alpha value is -4.27. The molecule has 0 bridgehead atoms. The van der Waals surface area contributed by atoms with Crippen molar-refractivity contribution in [3.8, 4) is 11.5 Å². The minimum atomic E-state index is -5.08. The van der Waals surface area contributed by atoms with Crippen LogP contribution in [0.4, 0.5) is 13.2 Å². The number of rotatable bonds is 10. The van der Waals surface area contributed by atoms with Crippen molar-refractivity contribution >= 4 is 57.0 Å². The van der Waals surface area contributed by atoms with Crippen LogP contribution < -0.4 is 31.4 Å². The van der Waals surface area contributed by atoms with Crippen molar-refractivity contribution in [2.75, 3.05) is 33.4 Å². The number of ether oxygens (including phenoxy) is 2. The molecule has 0 aliphatic rings.